The second-order valence-electron chi connectivity index (χ2n) is 7.41. The Bertz CT molecular complexity index is 1240. The average Bonchev–Trinajstić information content (AvgIpc) is 3.03. The van der Waals surface area contributed by atoms with Crippen LogP contribution in [0.5, 0.6) is 5.75 Å². The van der Waals surface area contributed by atoms with Gasteiger partial charge in [0.2, 0.25) is 0 Å². The fourth-order valence-corrected chi connectivity index (χ4v) is 3.48. The van der Waals surface area contributed by atoms with E-state index >= 15 is 0 Å². The van der Waals surface area contributed by atoms with Crippen molar-refractivity contribution >= 4 is 23.5 Å². The first-order chi connectivity index (χ1) is 15.4. The number of aryl methyl sites for hydroxylation is 2. The first-order valence-electron chi connectivity index (χ1n) is 10.0. The molecule has 2 amide bonds. The van der Waals surface area contributed by atoms with Gasteiger partial charge in [-0.25, -0.2) is 14.1 Å². The number of fused-ring (bicyclic) bond motifs is 1. The van der Waals surface area contributed by atoms with Crippen molar-refractivity contribution in [2.45, 2.75) is 13.8 Å². The normalized spacial score (nSPS) is 12.7. The first kappa shape index (κ1) is 21.2. The summed E-state index contributed by atoms with van der Waals surface area (Å²) >= 11 is 0. The average molecular weight is 433 g/mol. The van der Waals surface area contributed by atoms with E-state index < -0.39 is 23.6 Å². The van der Waals surface area contributed by atoms with Crippen molar-refractivity contribution in [2.24, 2.45) is 0 Å². The fourth-order valence-electron chi connectivity index (χ4n) is 3.48. The lowest BCUT2D eigenvalue weighted by molar-refractivity contribution is 0.0448. The number of nitrogens with zero attached hydrogens (tertiary/aromatic N) is 1. The maximum Gasteiger partial charge on any atom is 0.338 e. The van der Waals surface area contributed by atoms with Crippen LogP contribution in [0.1, 0.15) is 42.2 Å². The Morgan fingerprint density at radius 3 is 2.44 bits per heavy atom. The highest BCUT2D eigenvalue weighted by atomic mass is 19.1. The van der Waals surface area contributed by atoms with E-state index in [0.29, 0.717) is 5.69 Å². The van der Waals surface area contributed by atoms with Crippen LogP contribution < -0.4 is 9.64 Å². The number of halogens is 1. The fraction of sp³-hybridized carbons (Fsp3) is 0.160. The van der Waals surface area contributed by atoms with E-state index in [4.69, 9.17) is 9.47 Å². The van der Waals surface area contributed by atoms with Gasteiger partial charge in [0.15, 0.2) is 11.6 Å². The third-order valence-corrected chi connectivity index (χ3v) is 5.14. The number of amides is 2. The van der Waals surface area contributed by atoms with Crippen LogP contribution in [-0.2, 0) is 4.74 Å². The molecule has 1 aliphatic rings. The molecule has 4 rings (SSSR count). The predicted molar refractivity (Wildman–Crippen MR) is 116 cm³/mol. The summed E-state index contributed by atoms with van der Waals surface area (Å²) in [6, 6.07) is 15.7. The molecule has 162 valence electrons. The molecule has 0 saturated heterocycles. The maximum absolute atomic E-state index is 13.5. The number of carbonyl (C=O) groups excluding carboxylic acids is 3. The van der Waals surface area contributed by atoms with Crippen LogP contribution in [0, 0.1) is 19.7 Å². The van der Waals surface area contributed by atoms with Gasteiger partial charge in [-0.05, 0) is 61.4 Å². The SMILES string of the molecule is Cc1ccc(C)c(N2C(=O)c3ccc(C(=O)OCCOc4ccccc4F)cc3C2=O)c1. The molecule has 0 fully saturated rings. The lowest BCUT2D eigenvalue weighted by Crippen LogP contribution is -2.30. The Morgan fingerprint density at radius 1 is 0.906 bits per heavy atom. The molecule has 0 bridgehead atoms. The number of hydrogen-bond acceptors (Lipinski definition) is 5. The van der Waals surface area contributed by atoms with Crippen molar-refractivity contribution in [3.8, 4) is 5.75 Å². The number of ether oxygens (including phenoxy) is 2. The third kappa shape index (κ3) is 3.97. The zero-order valence-electron chi connectivity index (χ0n) is 17.6. The van der Waals surface area contributed by atoms with Crippen LogP contribution in [0.3, 0.4) is 0 Å². The summed E-state index contributed by atoms with van der Waals surface area (Å²) < 4.78 is 24.0. The van der Waals surface area contributed by atoms with E-state index in [1.165, 1.54) is 30.3 Å². The van der Waals surface area contributed by atoms with Crippen LogP contribution in [0.2, 0.25) is 0 Å². The molecule has 0 aromatic heterocycles. The van der Waals surface area contributed by atoms with Crippen LogP contribution in [0.15, 0.2) is 60.7 Å². The molecule has 7 heteroatoms. The van der Waals surface area contributed by atoms with Crippen molar-refractivity contribution in [3.05, 3.63) is 94.3 Å². The van der Waals surface area contributed by atoms with E-state index in [-0.39, 0.29) is 35.7 Å². The molecular formula is C25H20FNO5. The highest BCUT2D eigenvalue weighted by Crippen LogP contribution is 2.32. The molecule has 0 saturated carbocycles. The third-order valence-electron chi connectivity index (χ3n) is 5.14. The number of esters is 1. The maximum atomic E-state index is 13.5. The van der Waals surface area contributed by atoms with Gasteiger partial charge in [-0.2, -0.15) is 0 Å². The molecule has 0 unspecified atom stereocenters. The van der Waals surface area contributed by atoms with Gasteiger partial charge < -0.3 is 9.47 Å². The van der Waals surface area contributed by atoms with Crippen molar-refractivity contribution in [1.82, 2.24) is 0 Å². The van der Waals surface area contributed by atoms with Crippen LogP contribution >= 0.6 is 0 Å². The number of benzene rings is 3. The molecule has 0 N–H and O–H groups in total. The number of anilines is 1. The van der Waals surface area contributed by atoms with Gasteiger partial charge in [0.05, 0.1) is 22.4 Å². The van der Waals surface area contributed by atoms with Gasteiger partial charge in [-0.15, -0.1) is 0 Å². The molecular weight excluding hydrogens is 413 g/mol. The van der Waals surface area contributed by atoms with Crippen LogP contribution in [0.25, 0.3) is 0 Å². The van der Waals surface area contributed by atoms with E-state index in [1.54, 1.807) is 18.2 Å². The number of rotatable bonds is 6. The molecule has 0 radical (unpaired) electrons. The van der Waals surface area contributed by atoms with Crippen molar-refractivity contribution in [2.75, 3.05) is 18.1 Å². The van der Waals surface area contributed by atoms with E-state index in [1.807, 2.05) is 26.0 Å². The zero-order chi connectivity index (χ0) is 22.8. The van der Waals surface area contributed by atoms with E-state index in [9.17, 15) is 18.8 Å². The summed E-state index contributed by atoms with van der Waals surface area (Å²) in [5.41, 5.74) is 2.75. The summed E-state index contributed by atoms with van der Waals surface area (Å²) in [6.07, 6.45) is 0. The molecule has 3 aromatic rings. The Kier molecular flexibility index (Phi) is 5.73. The Morgan fingerprint density at radius 2 is 1.66 bits per heavy atom. The van der Waals surface area contributed by atoms with Crippen LogP contribution in [-0.4, -0.2) is 31.0 Å². The second kappa shape index (κ2) is 8.63. The Labute approximate surface area is 184 Å². The molecule has 0 spiro atoms. The van der Waals surface area contributed by atoms with Gasteiger partial charge in [0.25, 0.3) is 11.8 Å². The number of hydrogen-bond donors (Lipinski definition) is 0. The number of para-hydroxylation sites is 1. The van der Waals surface area contributed by atoms with Crippen molar-refractivity contribution < 1.29 is 28.2 Å². The van der Waals surface area contributed by atoms with E-state index in [2.05, 4.69) is 0 Å². The van der Waals surface area contributed by atoms with Crippen LogP contribution in [0.4, 0.5) is 10.1 Å². The molecule has 32 heavy (non-hydrogen) atoms. The van der Waals surface area contributed by atoms with Crippen molar-refractivity contribution in [1.29, 1.82) is 0 Å². The van der Waals surface area contributed by atoms with Gasteiger partial charge in [-0.3, -0.25) is 9.59 Å². The summed E-state index contributed by atoms with van der Waals surface area (Å²) in [5.74, 6) is -2.03. The largest absolute Gasteiger partial charge is 0.487 e. The lowest BCUT2D eigenvalue weighted by Gasteiger charge is -2.17. The summed E-state index contributed by atoms with van der Waals surface area (Å²) in [7, 11) is 0. The summed E-state index contributed by atoms with van der Waals surface area (Å²) in [4.78, 5) is 39.4. The van der Waals surface area contributed by atoms with Gasteiger partial charge in [0.1, 0.15) is 13.2 Å². The highest BCUT2D eigenvalue weighted by Gasteiger charge is 2.38. The van der Waals surface area contributed by atoms with Gasteiger partial charge in [-0.1, -0.05) is 24.3 Å². The van der Waals surface area contributed by atoms with Gasteiger partial charge in [0, 0.05) is 0 Å². The topological polar surface area (TPSA) is 72.9 Å². The molecule has 0 atom stereocenters. The van der Waals surface area contributed by atoms with Gasteiger partial charge >= 0.3 is 5.97 Å². The quantitative estimate of drug-likeness (QED) is 0.326. The summed E-state index contributed by atoms with van der Waals surface area (Å²) in [5, 5.41) is 0. The smallest absolute Gasteiger partial charge is 0.338 e. The van der Waals surface area contributed by atoms with E-state index in [0.717, 1.165) is 16.0 Å². The number of carbonyl (C=O) groups is 3. The minimum absolute atomic E-state index is 0.0323. The summed E-state index contributed by atoms with van der Waals surface area (Å²) in [6.45, 7) is 3.57. The highest BCUT2D eigenvalue weighted by molar-refractivity contribution is 6.35. The Balaban J connectivity index is 1.45. The molecule has 6 nitrogen and oxygen atoms in total. The molecule has 1 aliphatic heterocycles. The standard InChI is InChI=1S/C25H20FNO5/c1-15-7-8-16(2)21(13-15)27-23(28)18-10-9-17(14-19(18)24(27)29)25(30)32-12-11-31-22-6-4-3-5-20(22)26/h3-10,13-14H,11-12H2,1-2H3. The first-order valence-corrected chi connectivity index (χ1v) is 10.0. The number of imide groups is 1. The molecule has 1 heterocycles. The molecule has 0 aliphatic carbocycles. The monoisotopic (exact) mass is 433 g/mol. The zero-order valence-corrected chi connectivity index (χ0v) is 17.6. The second-order valence-corrected chi connectivity index (χ2v) is 7.41. The minimum atomic E-state index is -0.671. The van der Waals surface area contributed by atoms with Crippen molar-refractivity contribution in [3.63, 3.8) is 0 Å². The predicted octanol–water partition coefficient (Wildman–Crippen LogP) is 4.48. The molecule has 3 aromatic carbocycles. The minimum Gasteiger partial charge on any atom is -0.487 e. The lowest BCUT2D eigenvalue weighted by atomic mass is 10.1. The Hall–Kier alpha value is -4.00.